The fourth-order valence-electron chi connectivity index (χ4n) is 2.75. The van der Waals surface area contributed by atoms with E-state index in [9.17, 15) is 14.9 Å². The van der Waals surface area contributed by atoms with E-state index < -0.39 is 5.91 Å². The van der Waals surface area contributed by atoms with Crippen molar-refractivity contribution in [2.75, 3.05) is 18.5 Å². The number of aliphatic hydroxyl groups excluding tert-OH is 1. The number of hydrogen-bond acceptors (Lipinski definition) is 6. The quantitative estimate of drug-likeness (QED) is 0.505. The number of carbonyl (C=O) groups excluding carboxylic acids is 1. The van der Waals surface area contributed by atoms with Gasteiger partial charge in [-0.1, -0.05) is 31.0 Å². The van der Waals surface area contributed by atoms with Crippen LogP contribution in [0.2, 0.25) is 0 Å². The van der Waals surface area contributed by atoms with Crippen LogP contribution in [-0.2, 0) is 11.3 Å². The Kier molecular flexibility index (Phi) is 9.15. The Hall–Kier alpha value is -2.89. The average Bonchev–Trinajstić information content (AvgIpc) is 3.05. The summed E-state index contributed by atoms with van der Waals surface area (Å²) >= 11 is 1.13. The van der Waals surface area contributed by atoms with Gasteiger partial charge < -0.3 is 15.7 Å². The minimum Gasteiger partial charge on any atom is -0.396 e. The second-order valence-electron chi connectivity index (χ2n) is 6.36. The largest absolute Gasteiger partial charge is 0.396 e. The summed E-state index contributed by atoms with van der Waals surface area (Å²) < 4.78 is 2.23. The molecule has 1 aromatic heterocycles. The highest BCUT2D eigenvalue weighted by atomic mass is 32.1. The molecule has 1 amide bonds. The van der Waals surface area contributed by atoms with Crippen LogP contribution in [0, 0.1) is 11.3 Å². The zero-order valence-corrected chi connectivity index (χ0v) is 17.3. The summed E-state index contributed by atoms with van der Waals surface area (Å²) in [7, 11) is 0. The number of rotatable bonds is 10. The first-order chi connectivity index (χ1) is 14.1. The number of benzene rings is 1. The Morgan fingerprint density at radius 3 is 2.62 bits per heavy atom. The number of aromatic nitrogens is 1. The highest BCUT2D eigenvalue weighted by Crippen LogP contribution is 2.04. The second-order valence-corrected chi connectivity index (χ2v) is 7.39. The van der Waals surface area contributed by atoms with Gasteiger partial charge in [-0.3, -0.25) is 14.2 Å². The lowest BCUT2D eigenvalue weighted by molar-refractivity contribution is -0.115. The van der Waals surface area contributed by atoms with Crippen LogP contribution in [0.3, 0.4) is 0 Å². The minimum atomic E-state index is -0.472. The molecule has 0 saturated heterocycles. The van der Waals surface area contributed by atoms with Crippen molar-refractivity contribution >= 4 is 34.7 Å². The third kappa shape index (κ3) is 6.31. The molecule has 0 aliphatic carbocycles. The summed E-state index contributed by atoms with van der Waals surface area (Å²) in [5.74, 6) is -0.472. The number of aliphatic hydroxyl groups is 1. The number of carbonyl (C=O) groups is 1. The molecule has 1 aromatic carbocycles. The highest BCUT2D eigenvalue weighted by Gasteiger charge is 2.14. The Bertz CT molecular complexity index is 1020. The van der Waals surface area contributed by atoms with Crippen molar-refractivity contribution < 1.29 is 9.90 Å². The van der Waals surface area contributed by atoms with Crippen molar-refractivity contribution in [3.05, 3.63) is 49.9 Å². The van der Waals surface area contributed by atoms with Crippen LogP contribution >= 0.6 is 11.3 Å². The summed E-state index contributed by atoms with van der Waals surface area (Å²) in [6, 6.07) is 11.4. The number of hydrogen-bond donors (Lipinski definition) is 3. The average molecular weight is 415 g/mol. The molecule has 0 saturated carbocycles. The molecule has 1 heterocycles. The molecule has 7 nitrogen and oxygen atoms in total. The molecule has 0 spiro atoms. The fraction of sp³-hybridized carbons (Fsp3) is 0.381. The van der Waals surface area contributed by atoms with Crippen molar-refractivity contribution in [2.24, 2.45) is 0 Å². The number of nitrogens with zero attached hydrogens (tertiary/aromatic N) is 2. The number of unbranched alkanes of at least 4 members (excludes halogenated alkanes) is 3. The third-order valence-electron chi connectivity index (χ3n) is 4.29. The van der Waals surface area contributed by atoms with Gasteiger partial charge in [0.25, 0.3) is 11.5 Å². The Balaban J connectivity index is 2.25. The highest BCUT2D eigenvalue weighted by molar-refractivity contribution is 7.07. The van der Waals surface area contributed by atoms with E-state index in [1.54, 1.807) is 13.1 Å². The molecule has 29 heavy (non-hydrogen) atoms. The third-order valence-corrected chi connectivity index (χ3v) is 5.42. The molecule has 0 aliphatic rings. The molecule has 3 N–H and O–H groups in total. The molecular formula is C21H26N4O3S. The Labute approximate surface area is 173 Å². The van der Waals surface area contributed by atoms with E-state index in [0.29, 0.717) is 22.3 Å². The lowest BCUT2D eigenvalue weighted by Gasteiger charge is -2.04. The fourth-order valence-corrected chi connectivity index (χ4v) is 3.84. The number of thiazole rings is 1. The van der Waals surface area contributed by atoms with Crippen LogP contribution in [0.4, 0.5) is 5.69 Å². The normalized spacial score (nSPS) is 12.4. The van der Waals surface area contributed by atoms with Crippen LogP contribution in [0.25, 0.3) is 11.8 Å². The Morgan fingerprint density at radius 2 is 1.97 bits per heavy atom. The van der Waals surface area contributed by atoms with E-state index in [1.807, 2.05) is 36.4 Å². The predicted molar refractivity (Wildman–Crippen MR) is 116 cm³/mol. The zero-order valence-electron chi connectivity index (χ0n) is 16.5. The van der Waals surface area contributed by atoms with E-state index in [-0.39, 0.29) is 17.7 Å². The number of para-hydroxylation sites is 1. The Morgan fingerprint density at radius 1 is 1.24 bits per heavy atom. The second kappa shape index (κ2) is 11.8. The van der Waals surface area contributed by atoms with Crippen molar-refractivity contribution in [3.8, 4) is 6.07 Å². The minimum absolute atomic E-state index is 0.0522. The van der Waals surface area contributed by atoms with E-state index in [4.69, 9.17) is 5.11 Å². The van der Waals surface area contributed by atoms with E-state index >= 15 is 0 Å². The van der Waals surface area contributed by atoms with Gasteiger partial charge in [-0.25, -0.2) is 0 Å². The smallest absolute Gasteiger partial charge is 0.270 e. The van der Waals surface area contributed by atoms with Gasteiger partial charge in [-0.05, 0) is 31.9 Å². The van der Waals surface area contributed by atoms with Crippen molar-refractivity contribution in [1.82, 2.24) is 9.88 Å². The maximum Gasteiger partial charge on any atom is 0.270 e. The molecule has 0 bridgehead atoms. The van der Waals surface area contributed by atoms with Gasteiger partial charge in [-0.15, -0.1) is 11.3 Å². The molecule has 8 heteroatoms. The van der Waals surface area contributed by atoms with E-state index in [1.165, 1.54) is 4.57 Å². The summed E-state index contributed by atoms with van der Waals surface area (Å²) in [6.07, 6.45) is 4.92. The van der Waals surface area contributed by atoms with Crippen LogP contribution < -0.4 is 25.4 Å². The van der Waals surface area contributed by atoms with Crippen molar-refractivity contribution in [1.29, 1.82) is 5.26 Å². The number of amides is 1. The first-order valence-electron chi connectivity index (χ1n) is 9.67. The van der Waals surface area contributed by atoms with Gasteiger partial charge in [0.05, 0.1) is 0 Å². The lowest BCUT2D eigenvalue weighted by Crippen LogP contribution is -2.34. The van der Waals surface area contributed by atoms with Crippen molar-refractivity contribution in [2.45, 2.75) is 39.2 Å². The molecule has 0 fully saturated rings. The monoisotopic (exact) mass is 414 g/mol. The van der Waals surface area contributed by atoms with Crippen LogP contribution in [0.1, 0.15) is 32.6 Å². The molecule has 2 aromatic rings. The molecule has 154 valence electrons. The molecule has 2 rings (SSSR count). The van der Waals surface area contributed by atoms with Gasteiger partial charge in [0, 0.05) is 31.6 Å². The van der Waals surface area contributed by atoms with Crippen LogP contribution in [0.15, 0.2) is 35.1 Å². The van der Waals surface area contributed by atoms with Crippen LogP contribution in [-0.4, -0.2) is 28.7 Å². The van der Waals surface area contributed by atoms with Gasteiger partial charge in [0.1, 0.15) is 15.3 Å². The predicted octanol–water partition coefficient (Wildman–Crippen LogP) is 1.12. The van der Waals surface area contributed by atoms with Crippen molar-refractivity contribution in [3.63, 3.8) is 0 Å². The first kappa shape index (κ1) is 22.4. The van der Waals surface area contributed by atoms with Gasteiger partial charge in [0.2, 0.25) is 0 Å². The number of nitrogens with one attached hydrogen (secondary N) is 2. The maximum atomic E-state index is 12.7. The van der Waals surface area contributed by atoms with E-state index in [0.717, 1.165) is 42.7 Å². The zero-order chi connectivity index (χ0) is 21.1. The van der Waals surface area contributed by atoms with Gasteiger partial charge >= 0.3 is 0 Å². The molecule has 0 atom stereocenters. The summed E-state index contributed by atoms with van der Waals surface area (Å²) in [5.41, 5.74) is 0.553. The van der Waals surface area contributed by atoms with Gasteiger partial charge in [-0.2, -0.15) is 5.26 Å². The first-order valence-corrected chi connectivity index (χ1v) is 10.5. The standard InChI is InChI=1S/C21H26N4O3S/c1-2-25-20(28)18(15-24-16-10-6-5-7-11-16)29-21(25)17(14-22)19(27)23-12-8-3-4-9-13-26/h5-7,10-11,15,24,26H,2-4,8-9,12-13H2,1H3,(H,23,27)/b18-15+,21-17-. The molecule has 0 radical (unpaired) electrons. The van der Waals surface area contributed by atoms with Gasteiger partial charge in [0.15, 0.2) is 5.57 Å². The van der Waals surface area contributed by atoms with Crippen LogP contribution in [0.5, 0.6) is 0 Å². The summed E-state index contributed by atoms with van der Waals surface area (Å²) in [4.78, 5) is 25.2. The molecule has 0 aliphatic heterocycles. The topological polar surface area (TPSA) is 107 Å². The SMILES string of the molecule is CCn1c(=O)/c(=C\Nc2ccccc2)s/c1=C(/C#N)C(=O)NCCCCCCO. The number of anilines is 1. The summed E-state index contributed by atoms with van der Waals surface area (Å²) in [6.45, 7) is 2.79. The van der Waals surface area contributed by atoms with E-state index in [2.05, 4.69) is 10.6 Å². The molecular weight excluding hydrogens is 388 g/mol. The lowest BCUT2D eigenvalue weighted by atomic mass is 10.2. The summed E-state index contributed by atoms with van der Waals surface area (Å²) in [5, 5.41) is 24.1. The molecule has 0 unspecified atom stereocenters. The maximum absolute atomic E-state index is 12.7. The number of nitriles is 1.